The van der Waals surface area contributed by atoms with Crippen LogP contribution in [-0.4, -0.2) is 35.2 Å². The third-order valence-corrected chi connectivity index (χ3v) is 4.44. The van der Waals surface area contributed by atoms with E-state index in [1.54, 1.807) is 25.1 Å². The monoisotopic (exact) mass is 304 g/mol. The Kier molecular flexibility index (Phi) is 3.89. The van der Waals surface area contributed by atoms with Crippen molar-refractivity contribution in [3.63, 3.8) is 0 Å². The average Bonchev–Trinajstić information content (AvgIpc) is 2.90. The van der Waals surface area contributed by atoms with E-state index in [-0.39, 0.29) is 11.7 Å². The maximum Gasteiger partial charge on any atom is 0.269 e. The fourth-order valence-electron chi connectivity index (χ4n) is 3.20. The van der Waals surface area contributed by atoms with Crippen LogP contribution in [0.25, 0.3) is 0 Å². The van der Waals surface area contributed by atoms with Crippen molar-refractivity contribution in [2.75, 3.05) is 13.1 Å². The predicted octanol–water partition coefficient (Wildman–Crippen LogP) is 2.97. The summed E-state index contributed by atoms with van der Waals surface area (Å²) in [7, 11) is 0. The van der Waals surface area contributed by atoms with Crippen molar-refractivity contribution in [2.45, 2.75) is 38.7 Å². The highest BCUT2D eigenvalue weighted by atomic mass is 19.1. The quantitative estimate of drug-likeness (QED) is 0.843. The van der Waals surface area contributed by atoms with Gasteiger partial charge in [-0.05, 0) is 31.7 Å². The zero-order valence-corrected chi connectivity index (χ0v) is 13.0. The number of hydrogen-bond acceptors (Lipinski definition) is 3. The molecule has 0 spiro atoms. The smallest absolute Gasteiger partial charge is 0.269 e. The van der Waals surface area contributed by atoms with Gasteiger partial charge in [-0.2, -0.15) is 0 Å². The van der Waals surface area contributed by atoms with E-state index < -0.39 is 5.60 Å². The van der Waals surface area contributed by atoms with Crippen LogP contribution in [0, 0.1) is 11.7 Å². The molecule has 1 fully saturated rings. The molecule has 0 unspecified atom stereocenters. The lowest BCUT2D eigenvalue weighted by Gasteiger charge is -2.35. The van der Waals surface area contributed by atoms with Crippen LogP contribution < -0.4 is 0 Å². The van der Waals surface area contributed by atoms with Crippen molar-refractivity contribution in [2.24, 2.45) is 11.1 Å². The molecular weight excluding hydrogens is 283 g/mol. The zero-order chi connectivity index (χ0) is 15.7. The van der Waals surface area contributed by atoms with E-state index in [0.29, 0.717) is 23.6 Å². The molecule has 3 rings (SSSR count). The lowest BCUT2D eigenvalue weighted by Crippen LogP contribution is -2.50. The van der Waals surface area contributed by atoms with E-state index in [1.165, 1.54) is 6.07 Å². The van der Waals surface area contributed by atoms with E-state index >= 15 is 0 Å². The highest BCUT2D eigenvalue weighted by molar-refractivity contribution is 6.05. The van der Waals surface area contributed by atoms with Crippen LogP contribution in [0.15, 0.2) is 29.4 Å². The molecule has 118 valence electrons. The molecular formula is C17H21FN2O2. The first-order valence-corrected chi connectivity index (χ1v) is 7.79. The molecule has 5 heteroatoms. The van der Waals surface area contributed by atoms with Crippen LogP contribution in [0.4, 0.5) is 4.39 Å². The van der Waals surface area contributed by atoms with Gasteiger partial charge in [0.25, 0.3) is 5.91 Å². The molecule has 2 atom stereocenters. The molecule has 1 aromatic rings. The van der Waals surface area contributed by atoms with Crippen molar-refractivity contribution in [1.82, 2.24) is 4.90 Å². The van der Waals surface area contributed by atoms with Gasteiger partial charge in [0.2, 0.25) is 5.60 Å². The molecule has 2 heterocycles. The van der Waals surface area contributed by atoms with E-state index in [0.717, 1.165) is 25.9 Å². The standard InChI is InChI=1S/C17H21FN2O2/c1-12-6-5-9-20(11-12)16(21)17(2)10-15(19-22-17)13-7-3-4-8-14(13)18/h3-4,7-8,12H,5-6,9-11H2,1-2H3/t12-,17+/m0/s1. The number of oxime groups is 1. The fourth-order valence-corrected chi connectivity index (χ4v) is 3.20. The summed E-state index contributed by atoms with van der Waals surface area (Å²) < 4.78 is 13.9. The third kappa shape index (κ3) is 2.72. The Labute approximate surface area is 129 Å². The molecule has 1 aromatic carbocycles. The van der Waals surface area contributed by atoms with Crippen LogP contribution in [0.3, 0.4) is 0 Å². The molecule has 1 saturated heterocycles. The summed E-state index contributed by atoms with van der Waals surface area (Å²) in [6.45, 7) is 5.41. The Bertz CT molecular complexity index is 616. The molecule has 4 nitrogen and oxygen atoms in total. The first-order chi connectivity index (χ1) is 10.5. The summed E-state index contributed by atoms with van der Waals surface area (Å²) in [6.07, 6.45) is 2.47. The Hall–Kier alpha value is -1.91. The summed E-state index contributed by atoms with van der Waals surface area (Å²) in [4.78, 5) is 20.1. The number of likely N-dealkylation sites (tertiary alicyclic amines) is 1. The number of amides is 1. The van der Waals surface area contributed by atoms with E-state index in [2.05, 4.69) is 12.1 Å². The van der Waals surface area contributed by atoms with Crippen LogP contribution in [-0.2, 0) is 9.63 Å². The second kappa shape index (κ2) is 5.71. The summed E-state index contributed by atoms with van der Waals surface area (Å²) in [5.41, 5.74) is -0.112. The minimum absolute atomic E-state index is 0.0471. The number of nitrogens with zero attached hydrogens (tertiary/aromatic N) is 2. The Morgan fingerprint density at radius 2 is 2.23 bits per heavy atom. The molecule has 0 aliphatic carbocycles. The van der Waals surface area contributed by atoms with Crippen LogP contribution in [0.5, 0.6) is 0 Å². The number of carbonyl (C=O) groups is 1. The predicted molar refractivity (Wildman–Crippen MR) is 82.0 cm³/mol. The minimum Gasteiger partial charge on any atom is -0.379 e. The van der Waals surface area contributed by atoms with Gasteiger partial charge in [0, 0.05) is 25.1 Å². The lowest BCUT2D eigenvalue weighted by atomic mass is 9.92. The SMILES string of the molecule is C[C@H]1CCCN(C(=O)[C@@]2(C)CC(c3ccccc3F)=NO2)C1. The minimum atomic E-state index is -1.02. The van der Waals surface area contributed by atoms with Crippen molar-refractivity contribution in [3.8, 4) is 0 Å². The number of benzene rings is 1. The van der Waals surface area contributed by atoms with Crippen molar-refractivity contribution in [1.29, 1.82) is 0 Å². The maximum absolute atomic E-state index is 13.9. The maximum atomic E-state index is 13.9. The number of halogens is 1. The highest BCUT2D eigenvalue weighted by Crippen LogP contribution is 2.30. The zero-order valence-electron chi connectivity index (χ0n) is 13.0. The van der Waals surface area contributed by atoms with Gasteiger partial charge in [0.05, 0.1) is 5.71 Å². The van der Waals surface area contributed by atoms with Crippen LogP contribution in [0.1, 0.15) is 38.7 Å². The summed E-state index contributed by atoms with van der Waals surface area (Å²) in [6, 6.07) is 6.44. The molecule has 1 amide bonds. The van der Waals surface area contributed by atoms with Crippen molar-refractivity contribution >= 4 is 11.6 Å². The fraction of sp³-hybridized carbons (Fsp3) is 0.529. The Morgan fingerprint density at radius 1 is 1.45 bits per heavy atom. The van der Waals surface area contributed by atoms with Gasteiger partial charge in [-0.3, -0.25) is 4.79 Å². The highest BCUT2D eigenvalue weighted by Gasteiger charge is 2.45. The van der Waals surface area contributed by atoms with Crippen molar-refractivity contribution in [3.05, 3.63) is 35.6 Å². The van der Waals surface area contributed by atoms with Crippen LogP contribution in [0.2, 0.25) is 0 Å². The molecule has 0 radical (unpaired) electrons. The Morgan fingerprint density at radius 3 is 2.95 bits per heavy atom. The normalized spacial score (nSPS) is 28.2. The van der Waals surface area contributed by atoms with E-state index in [9.17, 15) is 9.18 Å². The van der Waals surface area contributed by atoms with Crippen molar-refractivity contribution < 1.29 is 14.0 Å². The molecule has 0 saturated carbocycles. The number of piperidine rings is 1. The van der Waals surface area contributed by atoms with Gasteiger partial charge >= 0.3 is 0 Å². The Balaban J connectivity index is 1.74. The van der Waals surface area contributed by atoms with Gasteiger partial charge in [-0.1, -0.05) is 30.3 Å². The summed E-state index contributed by atoms with van der Waals surface area (Å²) in [5, 5.41) is 3.98. The number of carbonyl (C=O) groups excluding carboxylic acids is 1. The molecule has 0 N–H and O–H groups in total. The first kappa shape index (κ1) is 15.0. The van der Waals surface area contributed by atoms with Gasteiger partial charge < -0.3 is 9.74 Å². The van der Waals surface area contributed by atoms with Gasteiger partial charge in [-0.25, -0.2) is 4.39 Å². The molecule has 0 bridgehead atoms. The van der Waals surface area contributed by atoms with E-state index in [4.69, 9.17) is 4.84 Å². The molecule has 2 aliphatic rings. The second-order valence-corrected chi connectivity index (χ2v) is 6.52. The first-order valence-electron chi connectivity index (χ1n) is 7.79. The van der Waals surface area contributed by atoms with Gasteiger partial charge in [0.1, 0.15) is 5.82 Å². The lowest BCUT2D eigenvalue weighted by molar-refractivity contribution is -0.155. The second-order valence-electron chi connectivity index (χ2n) is 6.52. The van der Waals surface area contributed by atoms with E-state index in [1.807, 2.05) is 4.90 Å². The molecule has 22 heavy (non-hydrogen) atoms. The topological polar surface area (TPSA) is 41.9 Å². The van der Waals surface area contributed by atoms with Gasteiger partial charge in [0.15, 0.2) is 0 Å². The summed E-state index contributed by atoms with van der Waals surface area (Å²) in [5.74, 6) is 0.122. The largest absolute Gasteiger partial charge is 0.379 e. The van der Waals surface area contributed by atoms with Crippen LogP contribution >= 0.6 is 0 Å². The van der Waals surface area contributed by atoms with Gasteiger partial charge in [-0.15, -0.1) is 0 Å². The average molecular weight is 304 g/mol. The third-order valence-electron chi connectivity index (χ3n) is 4.44. The summed E-state index contributed by atoms with van der Waals surface area (Å²) >= 11 is 0. The number of rotatable bonds is 2. The molecule has 2 aliphatic heterocycles. The molecule has 0 aromatic heterocycles. The number of hydrogen-bond donors (Lipinski definition) is 0.